The molecule has 2 N–H and O–H groups in total. The fraction of sp³-hybridized carbons (Fsp3) is 0.389. The van der Waals surface area contributed by atoms with Gasteiger partial charge < -0.3 is 15.2 Å². The Hall–Kier alpha value is -1.91. The molecule has 2 heterocycles. The molecule has 4 nitrogen and oxygen atoms in total. The number of benzene rings is 1. The molecule has 1 aromatic heterocycles. The third-order valence-corrected chi connectivity index (χ3v) is 4.51. The highest BCUT2D eigenvalue weighted by Gasteiger charge is 2.27. The zero-order valence-electron chi connectivity index (χ0n) is 12.8. The third kappa shape index (κ3) is 2.85. The lowest BCUT2D eigenvalue weighted by Crippen LogP contribution is -2.42. The molecule has 4 heteroatoms. The molecule has 1 fully saturated rings. The normalized spacial score (nSPS) is 23.2. The summed E-state index contributed by atoms with van der Waals surface area (Å²) in [5, 5.41) is 15.2. The van der Waals surface area contributed by atoms with Gasteiger partial charge in [-0.25, -0.2) is 0 Å². The topological polar surface area (TPSA) is 54.4 Å². The van der Waals surface area contributed by atoms with Crippen molar-refractivity contribution < 1.29 is 9.84 Å². The molecule has 0 spiro atoms. The number of nitrogens with zero attached hydrogens (tertiary/aromatic N) is 1. The minimum absolute atomic E-state index is 0.0630. The van der Waals surface area contributed by atoms with Crippen molar-refractivity contribution in [3.05, 3.63) is 48.7 Å². The number of ether oxygens (including phenoxy) is 1. The molecule has 1 saturated heterocycles. The van der Waals surface area contributed by atoms with E-state index in [4.69, 9.17) is 4.74 Å². The van der Waals surface area contributed by atoms with Gasteiger partial charge in [0.2, 0.25) is 0 Å². The Morgan fingerprint density at radius 3 is 2.95 bits per heavy atom. The predicted octanol–water partition coefficient (Wildman–Crippen LogP) is 2.83. The van der Waals surface area contributed by atoms with E-state index in [1.165, 1.54) is 0 Å². The molecule has 1 aromatic carbocycles. The van der Waals surface area contributed by atoms with E-state index in [0.29, 0.717) is 5.92 Å². The van der Waals surface area contributed by atoms with Crippen molar-refractivity contribution in [2.75, 3.05) is 13.7 Å². The van der Waals surface area contributed by atoms with E-state index < -0.39 is 6.10 Å². The van der Waals surface area contributed by atoms with Gasteiger partial charge >= 0.3 is 0 Å². The Morgan fingerprint density at radius 1 is 1.41 bits per heavy atom. The van der Waals surface area contributed by atoms with Gasteiger partial charge in [0, 0.05) is 24.2 Å². The molecule has 0 amide bonds. The number of methoxy groups -OCH3 is 1. The fourth-order valence-electron chi connectivity index (χ4n) is 3.12. The van der Waals surface area contributed by atoms with Gasteiger partial charge in [-0.2, -0.15) is 0 Å². The van der Waals surface area contributed by atoms with Crippen molar-refractivity contribution in [3.8, 4) is 5.75 Å². The SMILES string of the molecule is C=CC1CCC([C@H](O)c2ccnc3ccc(OC)cc23)NC1. The van der Waals surface area contributed by atoms with Crippen LogP contribution in [0.15, 0.2) is 43.1 Å². The highest BCUT2D eigenvalue weighted by molar-refractivity contribution is 5.83. The average molecular weight is 298 g/mol. The average Bonchev–Trinajstić information content (AvgIpc) is 2.60. The number of hydrogen-bond donors (Lipinski definition) is 2. The number of nitrogens with one attached hydrogen (secondary N) is 1. The number of pyridine rings is 1. The highest BCUT2D eigenvalue weighted by Crippen LogP contribution is 2.31. The first kappa shape index (κ1) is 15.0. The van der Waals surface area contributed by atoms with Crippen LogP contribution in [0, 0.1) is 5.92 Å². The number of fused-ring (bicyclic) bond motifs is 1. The monoisotopic (exact) mass is 298 g/mol. The van der Waals surface area contributed by atoms with Gasteiger partial charge in [-0.3, -0.25) is 4.98 Å². The molecule has 22 heavy (non-hydrogen) atoms. The summed E-state index contributed by atoms with van der Waals surface area (Å²) < 4.78 is 5.30. The zero-order chi connectivity index (χ0) is 15.5. The first-order chi connectivity index (χ1) is 10.7. The summed E-state index contributed by atoms with van der Waals surface area (Å²) in [7, 11) is 1.64. The number of aromatic nitrogens is 1. The van der Waals surface area contributed by atoms with E-state index in [0.717, 1.165) is 41.6 Å². The number of rotatable bonds is 4. The largest absolute Gasteiger partial charge is 0.497 e. The molecular weight excluding hydrogens is 276 g/mol. The van der Waals surface area contributed by atoms with E-state index in [9.17, 15) is 5.11 Å². The van der Waals surface area contributed by atoms with Gasteiger partial charge in [-0.05, 0) is 48.6 Å². The molecule has 116 valence electrons. The van der Waals surface area contributed by atoms with Crippen molar-refractivity contribution in [2.45, 2.75) is 25.0 Å². The number of piperidine rings is 1. The van der Waals surface area contributed by atoms with Gasteiger partial charge in [0.25, 0.3) is 0 Å². The van der Waals surface area contributed by atoms with Gasteiger partial charge in [-0.15, -0.1) is 6.58 Å². The van der Waals surface area contributed by atoms with E-state index in [1.54, 1.807) is 13.3 Å². The molecule has 3 atom stereocenters. The summed E-state index contributed by atoms with van der Waals surface area (Å²) in [6.45, 7) is 4.72. The minimum atomic E-state index is -0.552. The van der Waals surface area contributed by atoms with E-state index in [2.05, 4.69) is 16.9 Å². The van der Waals surface area contributed by atoms with E-state index >= 15 is 0 Å². The van der Waals surface area contributed by atoms with Crippen LogP contribution in [0.5, 0.6) is 5.75 Å². The summed E-state index contributed by atoms with van der Waals surface area (Å²) in [5.41, 5.74) is 1.77. The predicted molar refractivity (Wildman–Crippen MR) is 88.0 cm³/mol. The second kappa shape index (κ2) is 6.46. The maximum Gasteiger partial charge on any atom is 0.119 e. The molecule has 0 radical (unpaired) electrons. The lowest BCUT2D eigenvalue weighted by Gasteiger charge is -2.32. The van der Waals surface area contributed by atoms with Crippen LogP contribution in [0.2, 0.25) is 0 Å². The van der Waals surface area contributed by atoms with Gasteiger partial charge in [0.15, 0.2) is 0 Å². The highest BCUT2D eigenvalue weighted by atomic mass is 16.5. The van der Waals surface area contributed by atoms with Crippen LogP contribution in [0.1, 0.15) is 24.5 Å². The number of aliphatic hydroxyl groups excluding tert-OH is 1. The Balaban J connectivity index is 1.90. The summed E-state index contributed by atoms with van der Waals surface area (Å²) >= 11 is 0. The lowest BCUT2D eigenvalue weighted by molar-refractivity contribution is 0.109. The molecule has 2 aromatic rings. The van der Waals surface area contributed by atoms with Gasteiger partial charge in [-0.1, -0.05) is 6.08 Å². The molecule has 2 unspecified atom stereocenters. The zero-order valence-corrected chi connectivity index (χ0v) is 12.8. The second-order valence-corrected chi connectivity index (χ2v) is 5.82. The van der Waals surface area contributed by atoms with Crippen LogP contribution < -0.4 is 10.1 Å². The molecule has 1 aliphatic rings. The maximum absolute atomic E-state index is 10.8. The summed E-state index contributed by atoms with van der Waals surface area (Å²) in [6.07, 6.45) is 5.18. The lowest BCUT2D eigenvalue weighted by atomic mass is 9.89. The van der Waals surface area contributed by atoms with Crippen LogP contribution in [0.4, 0.5) is 0 Å². The summed E-state index contributed by atoms with van der Waals surface area (Å²) in [5.74, 6) is 1.27. The minimum Gasteiger partial charge on any atom is -0.497 e. The smallest absolute Gasteiger partial charge is 0.119 e. The van der Waals surface area contributed by atoms with Crippen molar-refractivity contribution in [1.82, 2.24) is 10.3 Å². The first-order valence-electron chi connectivity index (χ1n) is 7.69. The molecule has 3 rings (SSSR count). The van der Waals surface area contributed by atoms with Crippen molar-refractivity contribution in [1.29, 1.82) is 0 Å². The van der Waals surface area contributed by atoms with Crippen molar-refractivity contribution in [3.63, 3.8) is 0 Å². The third-order valence-electron chi connectivity index (χ3n) is 4.51. The van der Waals surface area contributed by atoms with E-state index in [-0.39, 0.29) is 6.04 Å². The quantitative estimate of drug-likeness (QED) is 0.852. The molecule has 0 saturated carbocycles. The van der Waals surface area contributed by atoms with Crippen LogP contribution in [0.25, 0.3) is 10.9 Å². The molecule has 0 bridgehead atoms. The molecule has 0 aliphatic carbocycles. The van der Waals surface area contributed by atoms with Gasteiger partial charge in [0.05, 0.1) is 18.7 Å². The van der Waals surface area contributed by atoms with Crippen LogP contribution >= 0.6 is 0 Å². The van der Waals surface area contributed by atoms with Crippen molar-refractivity contribution in [2.24, 2.45) is 5.92 Å². The summed E-state index contributed by atoms with van der Waals surface area (Å²) in [4.78, 5) is 4.37. The van der Waals surface area contributed by atoms with Crippen LogP contribution in [-0.2, 0) is 0 Å². The molecular formula is C18H22N2O2. The second-order valence-electron chi connectivity index (χ2n) is 5.82. The Morgan fingerprint density at radius 2 is 2.27 bits per heavy atom. The Labute approximate surface area is 130 Å². The number of aliphatic hydroxyl groups is 1. The van der Waals surface area contributed by atoms with Crippen LogP contribution in [-0.4, -0.2) is 29.8 Å². The number of hydrogen-bond acceptors (Lipinski definition) is 4. The van der Waals surface area contributed by atoms with Gasteiger partial charge in [0.1, 0.15) is 5.75 Å². The summed E-state index contributed by atoms with van der Waals surface area (Å²) in [6, 6.07) is 7.71. The van der Waals surface area contributed by atoms with Crippen molar-refractivity contribution >= 4 is 10.9 Å². The fourth-order valence-corrected chi connectivity index (χ4v) is 3.12. The molecule has 1 aliphatic heterocycles. The van der Waals surface area contributed by atoms with E-state index in [1.807, 2.05) is 30.3 Å². The Kier molecular flexibility index (Phi) is 4.41. The van der Waals surface area contributed by atoms with Crippen LogP contribution in [0.3, 0.4) is 0 Å². The standard InChI is InChI=1S/C18H22N2O2/c1-3-12-4-6-17(20-11-12)18(21)14-8-9-19-16-7-5-13(22-2)10-15(14)16/h3,5,7-10,12,17-18,20-21H,1,4,6,11H2,2H3/t12?,17?,18-/m1/s1. The first-order valence-corrected chi connectivity index (χ1v) is 7.69. The maximum atomic E-state index is 10.8. The Bertz CT molecular complexity index is 663.